The number of rotatable bonds is 12. The molecule has 2 aliphatic heterocycles. The number of aliphatic hydroxyl groups is 1. The maximum absolute atomic E-state index is 12.0. The Balaban J connectivity index is 0.000000335. The van der Waals surface area contributed by atoms with Gasteiger partial charge in [0.1, 0.15) is 5.69 Å². The molecule has 270 valence electrons. The molecule has 0 radical (unpaired) electrons. The second-order valence-corrected chi connectivity index (χ2v) is 14.3. The van der Waals surface area contributed by atoms with E-state index in [1.165, 1.54) is 7.11 Å². The molecule has 0 aliphatic carbocycles. The number of anilines is 2. The van der Waals surface area contributed by atoms with Crippen molar-refractivity contribution in [2.45, 2.75) is 59.2 Å². The number of hydrogen-bond acceptors (Lipinski definition) is 13. The predicted octanol–water partition coefficient (Wildman–Crippen LogP) is 0.329. The fraction of sp³-hybridized carbons (Fsp3) is 0.606. The quantitative estimate of drug-likeness (QED) is 0.160. The van der Waals surface area contributed by atoms with E-state index in [0.29, 0.717) is 5.69 Å². The summed E-state index contributed by atoms with van der Waals surface area (Å²) in [4.78, 5) is 41.6. The van der Waals surface area contributed by atoms with Gasteiger partial charge in [0.2, 0.25) is 0 Å². The Morgan fingerprint density at radius 3 is 1.68 bits per heavy atom. The average Bonchev–Trinajstić information content (AvgIpc) is 3.93. The first-order chi connectivity index (χ1) is 23.4. The van der Waals surface area contributed by atoms with Crippen molar-refractivity contribution in [2.24, 2.45) is 0 Å². The molecule has 13 nitrogen and oxygen atoms in total. The van der Waals surface area contributed by atoms with Crippen molar-refractivity contribution in [3.8, 4) is 21.4 Å². The van der Waals surface area contributed by atoms with Crippen LogP contribution in [0.15, 0.2) is 24.8 Å². The molecule has 6 heterocycles. The third kappa shape index (κ3) is 10.4. The number of nitrogens with zero attached hydrogens (tertiary/aromatic N) is 10. The third-order valence-corrected chi connectivity index (χ3v) is 10.9. The van der Waals surface area contributed by atoms with Crippen molar-refractivity contribution < 1.29 is 34.9 Å². The van der Waals surface area contributed by atoms with Gasteiger partial charge in [0.05, 0.1) is 54.0 Å². The van der Waals surface area contributed by atoms with Gasteiger partial charge in [0.15, 0.2) is 39.3 Å². The molecule has 4 aromatic rings. The molecule has 50 heavy (non-hydrogen) atoms. The molecule has 6 rings (SSSR count). The normalized spacial score (nSPS) is 15.2. The van der Waals surface area contributed by atoms with E-state index < -0.39 is 0 Å². The van der Waals surface area contributed by atoms with Crippen LogP contribution in [0.1, 0.15) is 57.1 Å². The van der Waals surface area contributed by atoms with E-state index in [2.05, 4.69) is 72.0 Å². The van der Waals surface area contributed by atoms with Crippen molar-refractivity contribution in [3.63, 3.8) is 0 Å². The Morgan fingerprint density at radius 1 is 0.760 bits per heavy atom. The smallest absolute Gasteiger partial charge is 1.00 e. The summed E-state index contributed by atoms with van der Waals surface area (Å²) in [6.45, 7) is 14.2. The van der Waals surface area contributed by atoms with Gasteiger partial charge in [-0.1, -0.05) is 49.4 Å². The number of methoxy groups -OCH3 is 1. The summed E-state index contributed by atoms with van der Waals surface area (Å²) in [6.07, 6.45) is 11.4. The molecule has 2 aliphatic rings. The van der Waals surface area contributed by atoms with Crippen LogP contribution in [-0.4, -0.2) is 141 Å². The van der Waals surface area contributed by atoms with Gasteiger partial charge in [-0.2, -0.15) is 0 Å². The first kappa shape index (κ1) is 42.2. The number of esters is 1. The summed E-state index contributed by atoms with van der Waals surface area (Å²) in [6, 6.07) is 0. The minimum Gasteiger partial charge on any atom is -1.00 e. The predicted molar refractivity (Wildman–Crippen MR) is 204 cm³/mol. The van der Waals surface area contributed by atoms with E-state index >= 15 is 0 Å². The second-order valence-electron chi connectivity index (χ2n) is 12.3. The summed E-state index contributed by atoms with van der Waals surface area (Å²) >= 11 is 3.33. The van der Waals surface area contributed by atoms with Crippen LogP contribution >= 0.6 is 22.7 Å². The van der Waals surface area contributed by atoms with Crippen molar-refractivity contribution in [3.05, 3.63) is 36.2 Å². The summed E-state index contributed by atoms with van der Waals surface area (Å²) in [5, 5.41) is 11.6. The molecule has 2 fully saturated rings. The Kier molecular flexibility index (Phi) is 17.5. The Labute approximate surface area is 328 Å². The van der Waals surface area contributed by atoms with E-state index in [-0.39, 0.29) is 50.2 Å². The van der Waals surface area contributed by atoms with E-state index in [0.717, 1.165) is 128 Å². The largest absolute Gasteiger partial charge is 1.00 e. The van der Waals surface area contributed by atoms with Crippen LogP contribution in [0.3, 0.4) is 0 Å². The number of thiazole rings is 2. The molecule has 0 aromatic carbocycles. The number of carbonyl (C=O) groups excluding carboxylic acids is 1. The number of likely N-dealkylation sites (N-methyl/N-ethyl adjacent to an activating group) is 2. The maximum atomic E-state index is 12.0. The number of piperazine rings is 2. The van der Waals surface area contributed by atoms with E-state index in [4.69, 9.17) is 4.74 Å². The van der Waals surface area contributed by atoms with Gasteiger partial charge in [-0.05, 0) is 26.9 Å². The van der Waals surface area contributed by atoms with Gasteiger partial charge < -0.3 is 40.0 Å². The van der Waals surface area contributed by atoms with Gasteiger partial charge in [-0.3, -0.25) is 0 Å². The van der Waals surface area contributed by atoms with Crippen LogP contribution in [0.4, 0.5) is 10.3 Å². The number of imidazole rings is 2. The zero-order chi connectivity index (χ0) is 34.0. The minimum atomic E-state index is -0.348. The molecule has 1 N–H and O–H groups in total. The van der Waals surface area contributed by atoms with Crippen LogP contribution in [0.25, 0.3) is 21.4 Å². The van der Waals surface area contributed by atoms with E-state index in [1.807, 2.05) is 17.0 Å². The average molecular weight is 737 g/mol. The molecule has 0 atom stereocenters. The summed E-state index contributed by atoms with van der Waals surface area (Å²) in [5.41, 5.74) is 1.38. The van der Waals surface area contributed by atoms with Crippen LogP contribution in [0.2, 0.25) is 0 Å². The van der Waals surface area contributed by atoms with Crippen LogP contribution in [0.5, 0.6) is 0 Å². The number of unbranched alkanes of at least 4 members (excludes halogenated alkanes) is 2. The van der Waals surface area contributed by atoms with Gasteiger partial charge in [-0.15, -0.1) is 0 Å². The first-order valence-electron chi connectivity index (χ1n) is 16.9. The summed E-state index contributed by atoms with van der Waals surface area (Å²) in [5.74, 6) is 1.38. The molecule has 0 spiro atoms. The van der Waals surface area contributed by atoms with Crippen molar-refractivity contribution in [2.75, 3.05) is 83.4 Å². The van der Waals surface area contributed by atoms with Gasteiger partial charge in [-0.25, -0.2) is 24.7 Å². The number of hydrogen-bond donors (Lipinski definition) is 1. The van der Waals surface area contributed by atoms with Crippen LogP contribution in [-0.2, 0) is 24.4 Å². The number of ether oxygens (including phenoxy) is 1. The summed E-state index contributed by atoms with van der Waals surface area (Å²) in [7, 11) is 5.70. The third-order valence-electron chi connectivity index (χ3n) is 8.80. The molecule has 0 amide bonds. The second kappa shape index (κ2) is 20.7. The Hall–Kier alpha value is -2.24. The number of carbonyl (C=O) groups is 1. The fourth-order valence-corrected chi connectivity index (χ4v) is 7.65. The first-order valence-corrected chi connectivity index (χ1v) is 18.6. The molecule has 0 bridgehead atoms. The monoisotopic (exact) mass is 736 g/mol. The zero-order valence-electron chi connectivity index (χ0n) is 31.0. The molecular weight excluding hydrogens is 682 g/mol. The molecule has 2 saturated heterocycles. The number of aliphatic hydroxyl groups excluding tert-OH is 1. The van der Waals surface area contributed by atoms with Gasteiger partial charge >= 0.3 is 24.8 Å². The Bertz CT molecular complexity index is 1600. The minimum absolute atomic E-state index is 0. The van der Waals surface area contributed by atoms with Crippen LogP contribution in [0, 0.1) is 0 Å². The Morgan fingerprint density at radius 2 is 1.22 bits per heavy atom. The SMILES string of the molecule is CCCCn1c(C(=O)OC)cnc1-c1cnc(N2CCN(C)CC2)s1.CCCCn1c(CO)cnc1-c1cnc(N2CCN(C)CC2)s1.[AlH3].[H-].[Li+]. The maximum Gasteiger partial charge on any atom is 1.00 e. The zero-order valence-corrected chi connectivity index (χ0v) is 31.6. The van der Waals surface area contributed by atoms with E-state index in [9.17, 15) is 9.90 Å². The molecule has 0 unspecified atom stereocenters. The number of aromatic nitrogens is 6. The topological polar surface area (TPSA) is 121 Å². The molecule has 17 heteroatoms. The molecule has 4 aromatic heterocycles. The molecule has 0 saturated carbocycles. The fourth-order valence-electron chi connectivity index (χ4n) is 5.71. The van der Waals surface area contributed by atoms with Crippen molar-refractivity contribution >= 4 is 56.3 Å². The van der Waals surface area contributed by atoms with Gasteiger partial charge in [0.25, 0.3) is 0 Å². The van der Waals surface area contributed by atoms with Crippen molar-refractivity contribution in [1.29, 1.82) is 0 Å². The standard InChI is InChI=1S/C17H25N5O2S.C16H25N5OS.Al.Li.4H/c1-4-5-6-22-13(16(23)24-3)11-18-15(22)14-12-19-17(25-14)21-9-7-20(2)8-10-21;1-3-4-5-21-13(12-22)10-17-15(21)14-11-18-16(23-14)20-8-6-19(2)7-9-20;;;;;;/h11-12H,4-10H2,1-3H3;10-11,22H,3-9,12H2,1-2H3;;;;;;/q;;;+1;;;;-1. The van der Waals surface area contributed by atoms with Gasteiger partial charge in [0, 0.05) is 65.4 Å². The molecular formula is C33H54AlLiN10O3S2. The van der Waals surface area contributed by atoms with Crippen LogP contribution < -0.4 is 28.7 Å². The van der Waals surface area contributed by atoms with Crippen molar-refractivity contribution in [1.82, 2.24) is 38.9 Å². The van der Waals surface area contributed by atoms with E-state index in [1.54, 1.807) is 35.1 Å². The summed E-state index contributed by atoms with van der Waals surface area (Å²) < 4.78 is 8.98.